The van der Waals surface area contributed by atoms with Crippen LogP contribution < -0.4 is 5.32 Å². The fourth-order valence-corrected chi connectivity index (χ4v) is 2.10. The minimum atomic E-state index is 0.0305. The van der Waals surface area contributed by atoms with E-state index >= 15 is 0 Å². The molecule has 0 saturated heterocycles. The molecule has 18 heavy (non-hydrogen) atoms. The molecule has 0 saturated carbocycles. The van der Waals surface area contributed by atoms with Gasteiger partial charge in [0.1, 0.15) is 0 Å². The van der Waals surface area contributed by atoms with Crippen LogP contribution in [0, 0.1) is 0 Å². The molecule has 0 spiro atoms. The van der Waals surface area contributed by atoms with Crippen molar-refractivity contribution in [2.45, 2.75) is 26.2 Å². The van der Waals surface area contributed by atoms with Crippen LogP contribution in [0.3, 0.4) is 0 Å². The van der Waals surface area contributed by atoms with Crippen LogP contribution in [0.25, 0.3) is 10.8 Å². The number of amides is 1. The molecule has 0 unspecified atom stereocenters. The number of hydrogen-bond donors (Lipinski definition) is 1. The molecule has 0 radical (unpaired) electrons. The Balaban J connectivity index is 2.13. The topological polar surface area (TPSA) is 29.1 Å². The van der Waals surface area contributed by atoms with Gasteiger partial charge in [0.2, 0.25) is 0 Å². The molecule has 2 aromatic rings. The molecule has 2 aromatic carbocycles. The van der Waals surface area contributed by atoms with Gasteiger partial charge in [-0.3, -0.25) is 4.79 Å². The van der Waals surface area contributed by atoms with Crippen LogP contribution in [-0.4, -0.2) is 12.5 Å². The van der Waals surface area contributed by atoms with Crippen LogP contribution in [0.5, 0.6) is 0 Å². The van der Waals surface area contributed by atoms with Crippen LogP contribution in [-0.2, 0) is 0 Å². The Hall–Kier alpha value is -1.83. The highest BCUT2D eigenvalue weighted by molar-refractivity contribution is 6.06. The molecule has 1 N–H and O–H groups in total. The molecule has 0 bridgehead atoms. The SMILES string of the molecule is CCCCCNC(=O)c1cccc2ccccc12. The molecule has 2 nitrogen and oxygen atoms in total. The Kier molecular flexibility index (Phi) is 4.35. The summed E-state index contributed by atoms with van der Waals surface area (Å²) < 4.78 is 0. The monoisotopic (exact) mass is 241 g/mol. The van der Waals surface area contributed by atoms with Crippen molar-refractivity contribution in [3.63, 3.8) is 0 Å². The van der Waals surface area contributed by atoms with Gasteiger partial charge in [-0.25, -0.2) is 0 Å². The number of benzene rings is 2. The zero-order valence-electron chi connectivity index (χ0n) is 10.8. The quantitative estimate of drug-likeness (QED) is 0.793. The molecule has 0 atom stereocenters. The second kappa shape index (κ2) is 6.20. The fourth-order valence-electron chi connectivity index (χ4n) is 2.10. The van der Waals surface area contributed by atoms with Crippen LogP contribution in [0.2, 0.25) is 0 Å². The highest BCUT2D eigenvalue weighted by Gasteiger charge is 2.08. The molecular formula is C16H19NO. The van der Waals surface area contributed by atoms with E-state index in [-0.39, 0.29) is 5.91 Å². The number of carbonyl (C=O) groups excluding carboxylic acids is 1. The van der Waals surface area contributed by atoms with Crippen molar-refractivity contribution in [3.05, 3.63) is 48.0 Å². The van der Waals surface area contributed by atoms with Gasteiger partial charge in [-0.15, -0.1) is 0 Å². The zero-order chi connectivity index (χ0) is 12.8. The lowest BCUT2D eigenvalue weighted by molar-refractivity contribution is 0.0954. The highest BCUT2D eigenvalue weighted by atomic mass is 16.1. The van der Waals surface area contributed by atoms with Gasteiger partial charge in [0.05, 0.1) is 0 Å². The average molecular weight is 241 g/mol. The van der Waals surface area contributed by atoms with E-state index in [0.29, 0.717) is 0 Å². The van der Waals surface area contributed by atoms with E-state index in [4.69, 9.17) is 0 Å². The molecule has 0 aliphatic heterocycles. The largest absolute Gasteiger partial charge is 0.352 e. The Morgan fingerprint density at radius 2 is 1.83 bits per heavy atom. The first-order valence-corrected chi connectivity index (χ1v) is 6.59. The number of fused-ring (bicyclic) bond motifs is 1. The second-order valence-corrected chi connectivity index (χ2v) is 4.49. The van der Waals surface area contributed by atoms with E-state index in [0.717, 1.165) is 35.7 Å². The Morgan fingerprint density at radius 1 is 1.06 bits per heavy atom. The highest BCUT2D eigenvalue weighted by Crippen LogP contribution is 2.18. The standard InChI is InChI=1S/C16H19NO/c1-2-3-6-12-17-16(18)15-11-7-9-13-8-4-5-10-14(13)15/h4-5,7-11H,2-3,6,12H2,1H3,(H,17,18). The Bertz CT molecular complexity index is 528. The van der Waals surface area contributed by atoms with E-state index in [1.54, 1.807) is 0 Å². The Morgan fingerprint density at radius 3 is 2.67 bits per heavy atom. The third kappa shape index (κ3) is 2.89. The van der Waals surface area contributed by atoms with Crippen molar-refractivity contribution in [2.24, 2.45) is 0 Å². The summed E-state index contributed by atoms with van der Waals surface area (Å²) in [5.74, 6) is 0.0305. The van der Waals surface area contributed by atoms with E-state index in [1.165, 1.54) is 6.42 Å². The van der Waals surface area contributed by atoms with Gasteiger partial charge >= 0.3 is 0 Å². The molecular weight excluding hydrogens is 222 g/mol. The maximum absolute atomic E-state index is 12.1. The van der Waals surface area contributed by atoms with Crippen molar-refractivity contribution < 1.29 is 4.79 Å². The Labute approximate surface area is 108 Å². The third-order valence-electron chi connectivity index (χ3n) is 3.10. The molecule has 2 rings (SSSR count). The minimum absolute atomic E-state index is 0.0305. The number of carbonyl (C=O) groups is 1. The van der Waals surface area contributed by atoms with Gasteiger partial charge in [0.25, 0.3) is 5.91 Å². The molecule has 2 heteroatoms. The van der Waals surface area contributed by atoms with Gasteiger partial charge in [0.15, 0.2) is 0 Å². The maximum Gasteiger partial charge on any atom is 0.251 e. The van der Waals surface area contributed by atoms with Gasteiger partial charge in [-0.05, 0) is 23.3 Å². The van der Waals surface area contributed by atoms with Crippen LogP contribution in [0.4, 0.5) is 0 Å². The van der Waals surface area contributed by atoms with Crippen LogP contribution in [0.1, 0.15) is 36.5 Å². The smallest absolute Gasteiger partial charge is 0.251 e. The van der Waals surface area contributed by atoms with E-state index < -0.39 is 0 Å². The minimum Gasteiger partial charge on any atom is -0.352 e. The summed E-state index contributed by atoms with van der Waals surface area (Å²) in [4.78, 5) is 12.1. The lowest BCUT2D eigenvalue weighted by atomic mass is 10.0. The summed E-state index contributed by atoms with van der Waals surface area (Å²) in [5, 5.41) is 5.12. The number of unbranched alkanes of at least 4 members (excludes halogenated alkanes) is 2. The molecule has 1 amide bonds. The maximum atomic E-state index is 12.1. The molecule has 94 valence electrons. The molecule has 0 aliphatic rings. The van der Waals surface area contributed by atoms with Crippen molar-refractivity contribution in [1.29, 1.82) is 0 Å². The molecule has 0 heterocycles. The van der Waals surface area contributed by atoms with Gasteiger partial charge < -0.3 is 5.32 Å². The summed E-state index contributed by atoms with van der Waals surface area (Å²) in [5.41, 5.74) is 0.768. The average Bonchev–Trinajstić information content (AvgIpc) is 2.43. The first-order chi connectivity index (χ1) is 8.83. The first kappa shape index (κ1) is 12.6. The van der Waals surface area contributed by atoms with E-state index in [9.17, 15) is 4.79 Å². The number of nitrogens with one attached hydrogen (secondary N) is 1. The lowest BCUT2D eigenvalue weighted by Gasteiger charge is -2.07. The molecule has 0 fully saturated rings. The van der Waals surface area contributed by atoms with Crippen LogP contribution >= 0.6 is 0 Å². The summed E-state index contributed by atoms with van der Waals surface area (Å²) >= 11 is 0. The third-order valence-corrected chi connectivity index (χ3v) is 3.10. The van der Waals surface area contributed by atoms with E-state index in [2.05, 4.69) is 12.2 Å². The van der Waals surface area contributed by atoms with Crippen molar-refractivity contribution in [1.82, 2.24) is 5.32 Å². The summed E-state index contributed by atoms with van der Waals surface area (Å²) in [6.07, 6.45) is 3.38. The molecule has 0 aliphatic carbocycles. The first-order valence-electron chi connectivity index (χ1n) is 6.59. The van der Waals surface area contributed by atoms with Gasteiger partial charge in [-0.2, -0.15) is 0 Å². The lowest BCUT2D eigenvalue weighted by Crippen LogP contribution is -2.24. The predicted molar refractivity (Wildman–Crippen MR) is 75.8 cm³/mol. The van der Waals surface area contributed by atoms with Crippen LogP contribution in [0.15, 0.2) is 42.5 Å². The molecule has 0 aromatic heterocycles. The fraction of sp³-hybridized carbons (Fsp3) is 0.312. The predicted octanol–water partition coefficient (Wildman–Crippen LogP) is 3.76. The number of rotatable bonds is 5. The van der Waals surface area contributed by atoms with Crippen molar-refractivity contribution in [2.75, 3.05) is 6.54 Å². The van der Waals surface area contributed by atoms with Crippen molar-refractivity contribution in [3.8, 4) is 0 Å². The van der Waals surface area contributed by atoms with Gasteiger partial charge in [-0.1, -0.05) is 56.2 Å². The van der Waals surface area contributed by atoms with Crippen molar-refractivity contribution >= 4 is 16.7 Å². The summed E-state index contributed by atoms with van der Waals surface area (Å²) in [6, 6.07) is 13.8. The number of hydrogen-bond acceptors (Lipinski definition) is 1. The van der Waals surface area contributed by atoms with E-state index in [1.807, 2.05) is 42.5 Å². The second-order valence-electron chi connectivity index (χ2n) is 4.49. The normalized spacial score (nSPS) is 10.5. The zero-order valence-corrected chi connectivity index (χ0v) is 10.8. The summed E-state index contributed by atoms with van der Waals surface area (Å²) in [7, 11) is 0. The summed E-state index contributed by atoms with van der Waals surface area (Å²) in [6.45, 7) is 2.92. The van der Waals surface area contributed by atoms with Gasteiger partial charge in [0, 0.05) is 12.1 Å².